The topological polar surface area (TPSA) is 76.7 Å². The molecule has 2 atom stereocenters. The lowest BCUT2D eigenvalue weighted by Crippen LogP contribution is -2.21. The Morgan fingerprint density at radius 1 is 1.47 bits per heavy atom. The van der Waals surface area contributed by atoms with Crippen LogP contribution >= 0.6 is 0 Å². The second-order valence-corrected chi connectivity index (χ2v) is 4.19. The molecule has 0 radical (unpaired) electrons. The zero-order chi connectivity index (χ0) is 11.7. The first kappa shape index (κ1) is 10.3. The lowest BCUT2D eigenvalue weighted by atomic mass is 10.0. The van der Waals surface area contributed by atoms with Gasteiger partial charge in [0, 0.05) is 12.2 Å². The Bertz CT molecular complexity index is 498. The van der Waals surface area contributed by atoms with Gasteiger partial charge in [0.15, 0.2) is 0 Å². The Balaban J connectivity index is 1.88. The fourth-order valence-electron chi connectivity index (χ4n) is 2.11. The van der Waals surface area contributed by atoms with E-state index in [-0.39, 0.29) is 0 Å². The maximum absolute atomic E-state index is 5.31. The van der Waals surface area contributed by atoms with Crippen molar-refractivity contribution in [2.24, 2.45) is 0 Å². The van der Waals surface area contributed by atoms with Crippen molar-refractivity contribution >= 4 is 0 Å². The SMILES string of the molecule is CC1NCCC1c1nc(-c2ccncn2)no1. The molecule has 6 heteroatoms. The molecule has 1 N–H and O–H groups in total. The highest BCUT2D eigenvalue weighted by Gasteiger charge is 2.29. The Hall–Kier alpha value is -1.82. The first-order valence-electron chi connectivity index (χ1n) is 5.68. The summed E-state index contributed by atoms with van der Waals surface area (Å²) in [4.78, 5) is 12.4. The first-order valence-corrected chi connectivity index (χ1v) is 5.68. The summed E-state index contributed by atoms with van der Waals surface area (Å²) in [6, 6.07) is 2.15. The predicted molar refractivity (Wildman–Crippen MR) is 60.1 cm³/mol. The van der Waals surface area contributed by atoms with Gasteiger partial charge < -0.3 is 9.84 Å². The minimum atomic E-state index is 0.304. The predicted octanol–water partition coefficient (Wildman–Crippen LogP) is 0.992. The first-order chi connectivity index (χ1) is 8.34. The second-order valence-electron chi connectivity index (χ2n) is 4.19. The van der Waals surface area contributed by atoms with Crippen molar-refractivity contribution in [3.05, 3.63) is 24.5 Å². The van der Waals surface area contributed by atoms with Crippen molar-refractivity contribution in [1.82, 2.24) is 25.4 Å². The summed E-state index contributed by atoms with van der Waals surface area (Å²) in [7, 11) is 0. The van der Waals surface area contributed by atoms with Gasteiger partial charge in [-0.15, -0.1) is 0 Å². The van der Waals surface area contributed by atoms with E-state index in [0.717, 1.165) is 13.0 Å². The molecule has 0 spiro atoms. The summed E-state index contributed by atoms with van der Waals surface area (Å²) in [6.45, 7) is 3.13. The number of aromatic nitrogens is 4. The summed E-state index contributed by atoms with van der Waals surface area (Å²) in [5, 5.41) is 7.32. The lowest BCUT2D eigenvalue weighted by molar-refractivity contribution is 0.345. The fraction of sp³-hybridized carbons (Fsp3) is 0.455. The highest BCUT2D eigenvalue weighted by atomic mass is 16.5. The summed E-state index contributed by atoms with van der Waals surface area (Å²) in [5.41, 5.74) is 0.689. The highest BCUT2D eigenvalue weighted by molar-refractivity contribution is 5.46. The van der Waals surface area contributed by atoms with Crippen molar-refractivity contribution in [1.29, 1.82) is 0 Å². The summed E-state index contributed by atoms with van der Waals surface area (Å²) in [5.74, 6) is 1.52. The smallest absolute Gasteiger partial charge is 0.231 e. The monoisotopic (exact) mass is 231 g/mol. The van der Waals surface area contributed by atoms with Gasteiger partial charge in [0.1, 0.15) is 12.0 Å². The van der Waals surface area contributed by atoms with Gasteiger partial charge in [-0.25, -0.2) is 9.97 Å². The molecular formula is C11H13N5O. The van der Waals surface area contributed by atoms with Crippen LogP contribution in [0.3, 0.4) is 0 Å². The quantitative estimate of drug-likeness (QED) is 0.830. The van der Waals surface area contributed by atoms with Crippen molar-refractivity contribution in [2.45, 2.75) is 25.3 Å². The van der Waals surface area contributed by atoms with Crippen LogP contribution in [0.5, 0.6) is 0 Å². The van der Waals surface area contributed by atoms with Crippen LogP contribution in [0.1, 0.15) is 25.2 Å². The van der Waals surface area contributed by atoms with E-state index >= 15 is 0 Å². The van der Waals surface area contributed by atoms with Gasteiger partial charge in [0.25, 0.3) is 0 Å². The molecule has 2 unspecified atom stereocenters. The highest BCUT2D eigenvalue weighted by Crippen LogP contribution is 2.27. The second kappa shape index (κ2) is 4.21. The van der Waals surface area contributed by atoms with Crippen molar-refractivity contribution < 1.29 is 4.52 Å². The van der Waals surface area contributed by atoms with E-state index in [1.54, 1.807) is 12.3 Å². The molecule has 3 heterocycles. The molecule has 1 aliphatic rings. The van der Waals surface area contributed by atoms with E-state index in [0.29, 0.717) is 29.4 Å². The van der Waals surface area contributed by atoms with Gasteiger partial charge in [0.2, 0.25) is 11.7 Å². The largest absolute Gasteiger partial charge is 0.339 e. The van der Waals surface area contributed by atoms with E-state index in [1.807, 2.05) is 0 Å². The van der Waals surface area contributed by atoms with Crippen LogP contribution in [0.4, 0.5) is 0 Å². The number of rotatable bonds is 2. The fourth-order valence-corrected chi connectivity index (χ4v) is 2.11. The molecule has 1 aliphatic heterocycles. The van der Waals surface area contributed by atoms with Crippen LogP contribution in [0, 0.1) is 0 Å². The minimum absolute atomic E-state index is 0.304. The maximum Gasteiger partial charge on any atom is 0.231 e. The summed E-state index contributed by atoms with van der Waals surface area (Å²) < 4.78 is 5.31. The standard InChI is InChI=1S/C11H13N5O/c1-7-8(2-5-13-7)11-15-10(16-17-11)9-3-4-12-6-14-9/h3-4,6-8,13H,2,5H2,1H3. The van der Waals surface area contributed by atoms with E-state index < -0.39 is 0 Å². The number of nitrogens with one attached hydrogen (secondary N) is 1. The molecule has 17 heavy (non-hydrogen) atoms. The van der Waals surface area contributed by atoms with Gasteiger partial charge in [-0.3, -0.25) is 0 Å². The number of nitrogens with zero attached hydrogens (tertiary/aromatic N) is 4. The summed E-state index contributed by atoms with van der Waals surface area (Å²) >= 11 is 0. The average molecular weight is 231 g/mol. The molecule has 0 aliphatic carbocycles. The average Bonchev–Trinajstić information content (AvgIpc) is 2.98. The molecule has 88 valence electrons. The third-order valence-corrected chi connectivity index (χ3v) is 3.10. The van der Waals surface area contributed by atoms with E-state index in [4.69, 9.17) is 4.52 Å². The van der Waals surface area contributed by atoms with Gasteiger partial charge in [-0.1, -0.05) is 5.16 Å². The Kier molecular flexibility index (Phi) is 2.56. The lowest BCUT2D eigenvalue weighted by Gasteiger charge is -2.08. The van der Waals surface area contributed by atoms with Crippen molar-refractivity contribution in [3.8, 4) is 11.5 Å². The molecule has 2 aromatic heterocycles. The van der Waals surface area contributed by atoms with Gasteiger partial charge in [-0.05, 0) is 26.0 Å². The Labute approximate surface area is 98.5 Å². The third kappa shape index (κ3) is 1.91. The van der Waals surface area contributed by atoms with Gasteiger partial charge in [-0.2, -0.15) is 4.98 Å². The molecule has 3 rings (SSSR count). The van der Waals surface area contributed by atoms with Crippen LogP contribution in [0.15, 0.2) is 23.1 Å². The third-order valence-electron chi connectivity index (χ3n) is 3.10. The molecular weight excluding hydrogens is 218 g/mol. The van der Waals surface area contributed by atoms with Crippen LogP contribution in [0.2, 0.25) is 0 Å². The summed E-state index contributed by atoms with van der Waals surface area (Å²) in [6.07, 6.45) is 4.18. The van der Waals surface area contributed by atoms with Crippen LogP contribution in [0.25, 0.3) is 11.5 Å². The van der Waals surface area contributed by atoms with E-state index in [9.17, 15) is 0 Å². The zero-order valence-electron chi connectivity index (χ0n) is 9.50. The maximum atomic E-state index is 5.31. The Morgan fingerprint density at radius 2 is 2.41 bits per heavy atom. The van der Waals surface area contributed by atoms with E-state index in [2.05, 4.69) is 32.3 Å². The van der Waals surface area contributed by atoms with Crippen molar-refractivity contribution in [3.63, 3.8) is 0 Å². The molecule has 0 saturated carbocycles. The minimum Gasteiger partial charge on any atom is -0.339 e. The zero-order valence-corrected chi connectivity index (χ0v) is 9.50. The molecule has 2 aromatic rings. The number of hydrogen-bond acceptors (Lipinski definition) is 6. The molecule has 0 aromatic carbocycles. The van der Waals surface area contributed by atoms with Crippen molar-refractivity contribution in [2.75, 3.05) is 6.54 Å². The molecule has 6 nitrogen and oxygen atoms in total. The van der Waals surface area contributed by atoms with Crippen LogP contribution in [-0.4, -0.2) is 32.7 Å². The molecule has 0 amide bonds. The van der Waals surface area contributed by atoms with Gasteiger partial charge in [0.05, 0.1) is 5.92 Å². The molecule has 1 saturated heterocycles. The normalized spacial score (nSPS) is 24.1. The molecule has 1 fully saturated rings. The van der Waals surface area contributed by atoms with Crippen LogP contribution < -0.4 is 5.32 Å². The molecule has 0 bridgehead atoms. The Morgan fingerprint density at radius 3 is 3.12 bits per heavy atom. The van der Waals surface area contributed by atoms with Gasteiger partial charge >= 0.3 is 0 Å². The van der Waals surface area contributed by atoms with Crippen LogP contribution in [-0.2, 0) is 0 Å². The number of hydrogen-bond donors (Lipinski definition) is 1. The van der Waals surface area contributed by atoms with E-state index in [1.165, 1.54) is 6.33 Å².